The van der Waals surface area contributed by atoms with Gasteiger partial charge in [-0.1, -0.05) is 0 Å². The lowest BCUT2D eigenvalue weighted by Crippen LogP contribution is -1.92. The Labute approximate surface area is 106 Å². The summed E-state index contributed by atoms with van der Waals surface area (Å²) in [6, 6.07) is 4.90. The van der Waals surface area contributed by atoms with Crippen LogP contribution in [-0.2, 0) is 0 Å². The predicted molar refractivity (Wildman–Crippen MR) is 64.4 cm³/mol. The topological polar surface area (TPSA) is 113 Å². The summed E-state index contributed by atoms with van der Waals surface area (Å²) in [5.41, 5.74) is -0.129. The van der Waals surface area contributed by atoms with Gasteiger partial charge in [0.15, 0.2) is 11.5 Å². The molecule has 0 aliphatic carbocycles. The summed E-state index contributed by atoms with van der Waals surface area (Å²) in [7, 11) is 0. The molecule has 2 aromatic rings. The first kappa shape index (κ1) is 12.6. The molecular formula is C12H10FNO5. The van der Waals surface area contributed by atoms with Crippen molar-refractivity contribution in [3.63, 3.8) is 0 Å². The molecule has 7 heteroatoms. The number of anilines is 2. The monoisotopic (exact) mass is 267 g/mol. The molecule has 100 valence electrons. The average molecular weight is 267 g/mol. The normalized spacial score (nSPS) is 10.4. The maximum Gasteiger partial charge on any atom is 0.208 e. The first-order valence-electron chi connectivity index (χ1n) is 5.13. The van der Waals surface area contributed by atoms with Gasteiger partial charge in [-0.25, -0.2) is 4.39 Å². The third-order valence-electron chi connectivity index (χ3n) is 2.48. The van der Waals surface area contributed by atoms with Gasteiger partial charge in [-0.05, 0) is 24.3 Å². The highest BCUT2D eigenvalue weighted by Crippen LogP contribution is 2.54. The van der Waals surface area contributed by atoms with Crippen LogP contribution in [0, 0.1) is 5.82 Å². The van der Waals surface area contributed by atoms with Crippen molar-refractivity contribution in [3.8, 4) is 28.7 Å². The summed E-state index contributed by atoms with van der Waals surface area (Å²) in [5, 5.41) is 49.5. The Bertz CT molecular complexity index is 598. The van der Waals surface area contributed by atoms with Crippen LogP contribution < -0.4 is 5.32 Å². The molecule has 0 amide bonds. The number of halogens is 1. The molecule has 0 spiro atoms. The lowest BCUT2D eigenvalue weighted by Gasteiger charge is -2.13. The Balaban J connectivity index is 2.48. The van der Waals surface area contributed by atoms with Crippen molar-refractivity contribution in [1.29, 1.82) is 0 Å². The first-order valence-corrected chi connectivity index (χ1v) is 5.13. The molecule has 0 radical (unpaired) electrons. The fourth-order valence-corrected chi connectivity index (χ4v) is 1.48. The van der Waals surface area contributed by atoms with Crippen LogP contribution in [0.3, 0.4) is 0 Å². The van der Waals surface area contributed by atoms with Crippen molar-refractivity contribution in [2.45, 2.75) is 0 Å². The largest absolute Gasteiger partial charge is 0.503 e. The predicted octanol–water partition coefficient (Wildman–Crippen LogP) is 2.10. The summed E-state index contributed by atoms with van der Waals surface area (Å²) in [5.74, 6) is -5.19. The molecule has 0 bridgehead atoms. The molecule has 0 aromatic heterocycles. The molecule has 0 saturated heterocycles. The number of aromatic hydroxyl groups is 5. The van der Waals surface area contributed by atoms with Crippen molar-refractivity contribution in [2.24, 2.45) is 0 Å². The van der Waals surface area contributed by atoms with E-state index in [9.17, 15) is 29.9 Å². The zero-order valence-corrected chi connectivity index (χ0v) is 9.42. The molecule has 0 aliphatic heterocycles. The molecule has 0 saturated carbocycles. The van der Waals surface area contributed by atoms with E-state index in [1.807, 2.05) is 0 Å². The summed E-state index contributed by atoms with van der Waals surface area (Å²) >= 11 is 0. The van der Waals surface area contributed by atoms with E-state index in [-0.39, 0.29) is 5.69 Å². The van der Waals surface area contributed by atoms with E-state index in [1.165, 1.54) is 12.1 Å². The van der Waals surface area contributed by atoms with Crippen LogP contribution in [0.15, 0.2) is 24.3 Å². The van der Waals surface area contributed by atoms with E-state index in [0.29, 0.717) is 0 Å². The fraction of sp³-hybridized carbons (Fsp3) is 0. The number of phenolic OH excluding ortho intramolecular Hbond substituents is 5. The molecule has 2 aromatic carbocycles. The van der Waals surface area contributed by atoms with Crippen molar-refractivity contribution >= 4 is 11.4 Å². The van der Waals surface area contributed by atoms with E-state index in [4.69, 9.17) is 0 Å². The van der Waals surface area contributed by atoms with Crippen molar-refractivity contribution in [2.75, 3.05) is 5.32 Å². The highest BCUT2D eigenvalue weighted by atomic mass is 19.1. The smallest absolute Gasteiger partial charge is 0.208 e. The van der Waals surface area contributed by atoms with Gasteiger partial charge in [0.2, 0.25) is 17.2 Å². The molecule has 6 N–H and O–H groups in total. The van der Waals surface area contributed by atoms with Crippen LogP contribution in [-0.4, -0.2) is 25.5 Å². The average Bonchev–Trinajstić information content (AvgIpc) is 2.41. The van der Waals surface area contributed by atoms with Gasteiger partial charge in [0, 0.05) is 5.69 Å². The van der Waals surface area contributed by atoms with Gasteiger partial charge < -0.3 is 30.8 Å². The van der Waals surface area contributed by atoms with Crippen LogP contribution >= 0.6 is 0 Å². The Morgan fingerprint density at radius 1 is 0.684 bits per heavy atom. The first-order chi connectivity index (χ1) is 8.91. The molecule has 0 aliphatic rings. The van der Waals surface area contributed by atoms with Gasteiger partial charge in [-0.15, -0.1) is 0 Å². The second-order valence-electron chi connectivity index (χ2n) is 3.75. The Morgan fingerprint density at radius 2 is 1.11 bits per heavy atom. The number of benzene rings is 2. The quantitative estimate of drug-likeness (QED) is 0.367. The molecule has 0 unspecified atom stereocenters. The van der Waals surface area contributed by atoms with Crippen molar-refractivity contribution < 1.29 is 29.9 Å². The minimum Gasteiger partial charge on any atom is -0.503 e. The van der Waals surface area contributed by atoms with E-state index in [2.05, 4.69) is 5.32 Å². The summed E-state index contributed by atoms with van der Waals surface area (Å²) in [6.45, 7) is 0. The zero-order valence-electron chi connectivity index (χ0n) is 9.42. The highest BCUT2D eigenvalue weighted by molar-refractivity contribution is 5.82. The number of hydrogen-bond donors (Lipinski definition) is 6. The SMILES string of the molecule is Oc1c(O)c(O)c(Nc2ccc(F)cc2)c(O)c1O. The van der Waals surface area contributed by atoms with Crippen LogP contribution in [0.25, 0.3) is 0 Å². The lowest BCUT2D eigenvalue weighted by molar-refractivity contribution is 0.330. The van der Waals surface area contributed by atoms with E-state index >= 15 is 0 Å². The number of nitrogens with one attached hydrogen (secondary N) is 1. The molecule has 0 atom stereocenters. The highest BCUT2D eigenvalue weighted by Gasteiger charge is 2.23. The van der Waals surface area contributed by atoms with E-state index in [0.717, 1.165) is 12.1 Å². The van der Waals surface area contributed by atoms with Gasteiger partial charge in [-0.2, -0.15) is 0 Å². The van der Waals surface area contributed by atoms with E-state index in [1.54, 1.807) is 0 Å². The van der Waals surface area contributed by atoms with Crippen LogP contribution in [0.4, 0.5) is 15.8 Å². The Kier molecular flexibility index (Phi) is 2.95. The summed E-state index contributed by atoms with van der Waals surface area (Å²) in [4.78, 5) is 0. The summed E-state index contributed by atoms with van der Waals surface area (Å²) < 4.78 is 12.7. The molecule has 6 nitrogen and oxygen atoms in total. The second kappa shape index (κ2) is 4.45. The Hall–Kier alpha value is -2.83. The molecular weight excluding hydrogens is 257 g/mol. The third-order valence-corrected chi connectivity index (χ3v) is 2.48. The lowest BCUT2D eigenvalue weighted by atomic mass is 10.2. The number of phenols is 5. The molecule has 19 heavy (non-hydrogen) atoms. The van der Waals surface area contributed by atoms with Crippen molar-refractivity contribution in [3.05, 3.63) is 30.1 Å². The maximum atomic E-state index is 12.7. The van der Waals surface area contributed by atoms with Crippen molar-refractivity contribution in [1.82, 2.24) is 0 Å². The number of hydrogen-bond acceptors (Lipinski definition) is 6. The molecule has 0 fully saturated rings. The number of rotatable bonds is 2. The third kappa shape index (κ3) is 2.13. The molecule has 2 rings (SSSR count). The maximum absolute atomic E-state index is 12.7. The Morgan fingerprint density at radius 3 is 1.58 bits per heavy atom. The summed E-state index contributed by atoms with van der Waals surface area (Å²) in [6.07, 6.45) is 0. The zero-order chi connectivity index (χ0) is 14.2. The van der Waals surface area contributed by atoms with Gasteiger partial charge in [0.1, 0.15) is 11.5 Å². The van der Waals surface area contributed by atoms with Crippen LogP contribution in [0.2, 0.25) is 0 Å². The van der Waals surface area contributed by atoms with Gasteiger partial charge in [0.25, 0.3) is 0 Å². The standard InChI is InChI=1S/C12H10FNO5/c13-5-1-3-6(4-2-5)14-7-8(15)10(17)12(19)11(18)9(7)16/h1-4,14-19H. The minimum absolute atomic E-state index is 0.288. The minimum atomic E-state index is -1.04. The fourth-order valence-electron chi connectivity index (χ4n) is 1.48. The van der Waals surface area contributed by atoms with Crippen LogP contribution in [0.1, 0.15) is 0 Å². The van der Waals surface area contributed by atoms with E-state index < -0.39 is 40.3 Å². The van der Waals surface area contributed by atoms with Crippen LogP contribution in [0.5, 0.6) is 28.7 Å². The van der Waals surface area contributed by atoms with Gasteiger partial charge >= 0.3 is 0 Å². The second-order valence-corrected chi connectivity index (χ2v) is 3.75. The molecule has 0 heterocycles. The van der Waals surface area contributed by atoms with Gasteiger partial charge in [0.05, 0.1) is 0 Å². The van der Waals surface area contributed by atoms with Gasteiger partial charge in [-0.3, -0.25) is 0 Å².